The Balaban J connectivity index is 2.45. The number of rotatable bonds is 4. The third-order valence-corrected chi connectivity index (χ3v) is 4.93. The monoisotopic (exact) mass is 373 g/mol. The smallest absolute Gasteiger partial charge is 0.337 e. The molecule has 0 aliphatic rings. The molecule has 0 aliphatic carbocycles. The fraction of sp³-hybridized carbons (Fsp3) is 0. The summed E-state index contributed by atoms with van der Waals surface area (Å²) in [7, 11) is -4.04. The number of anilines is 1. The van der Waals surface area contributed by atoms with Crippen LogP contribution < -0.4 is 4.72 Å². The van der Waals surface area contributed by atoms with Gasteiger partial charge in [0.15, 0.2) is 0 Å². The summed E-state index contributed by atoms with van der Waals surface area (Å²) in [6, 6.07) is 8.70. The number of carboxylic acids is 1. The van der Waals surface area contributed by atoms with Gasteiger partial charge >= 0.3 is 5.97 Å². The van der Waals surface area contributed by atoms with E-state index in [-0.39, 0.29) is 20.6 Å². The summed E-state index contributed by atoms with van der Waals surface area (Å²) >= 11 is 2.97. The van der Waals surface area contributed by atoms with Gasteiger partial charge in [-0.2, -0.15) is 0 Å². The van der Waals surface area contributed by atoms with Crippen LogP contribution in [0.15, 0.2) is 51.8 Å². The lowest BCUT2D eigenvalue weighted by atomic mass is 10.2. The number of nitrogens with one attached hydrogen (secondary N) is 1. The molecule has 8 heteroatoms. The van der Waals surface area contributed by atoms with Crippen LogP contribution in [0, 0.1) is 5.82 Å². The second-order valence-corrected chi connectivity index (χ2v) is 6.54. The highest BCUT2D eigenvalue weighted by Gasteiger charge is 2.20. The van der Waals surface area contributed by atoms with Crippen LogP contribution in [0.3, 0.4) is 0 Å². The number of aromatic carboxylic acids is 1. The van der Waals surface area contributed by atoms with E-state index in [1.807, 2.05) is 0 Å². The molecule has 0 bridgehead atoms. The predicted octanol–water partition coefficient (Wildman–Crippen LogP) is 3.09. The first-order valence-corrected chi connectivity index (χ1v) is 7.89. The molecule has 0 fully saturated rings. The van der Waals surface area contributed by atoms with E-state index >= 15 is 0 Å². The van der Waals surface area contributed by atoms with Crippen LogP contribution in [0.1, 0.15) is 10.4 Å². The van der Waals surface area contributed by atoms with Crippen LogP contribution in [0.2, 0.25) is 0 Å². The Hall–Kier alpha value is -1.93. The van der Waals surface area contributed by atoms with Crippen molar-refractivity contribution in [1.82, 2.24) is 0 Å². The lowest BCUT2D eigenvalue weighted by Crippen LogP contribution is -2.16. The molecule has 0 radical (unpaired) electrons. The largest absolute Gasteiger partial charge is 0.478 e. The molecule has 5 nitrogen and oxygen atoms in total. The Morgan fingerprint density at radius 1 is 1.19 bits per heavy atom. The van der Waals surface area contributed by atoms with E-state index in [4.69, 9.17) is 5.11 Å². The third-order valence-electron chi connectivity index (χ3n) is 2.59. The van der Waals surface area contributed by atoms with Crippen molar-refractivity contribution in [3.05, 3.63) is 58.3 Å². The number of carboxylic acid groups (broad SMARTS) is 1. The molecule has 0 heterocycles. The number of para-hydroxylation sites is 1. The van der Waals surface area contributed by atoms with E-state index in [0.29, 0.717) is 0 Å². The van der Waals surface area contributed by atoms with E-state index in [9.17, 15) is 17.6 Å². The zero-order valence-corrected chi connectivity index (χ0v) is 12.8. The molecular weight excluding hydrogens is 365 g/mol. The Bertz CT molecular complexity index is 808. The first-order chi connectivity index (χ1) is 9.81. The molecule has 2 N–H and O–H groups in total. The van der Waals surface area contributed by atoms with Crippen LogP contribution in [0.4, 0.5) is 10.1 Å². The molecule has 2 rings (SSSR count). The van der Waals surface area contributed by atoms with Crippen molar-refractivity contribution >= 4 is 37.6 Å². The van der Waals surface area contributed by atoms with Crippen molar-refractivity contribution in [3.63, 3.8) is 0 Å². The minimum Gasteiger partial charge on any atom is -0.478 e. The van der Waals surface area contributed by atoms with Crippen LogP contribution in [-0.4, -0.2) is 19.5 Å². The standard InChI is InChI=1S/C13H9BrFNO4S/c14-10-7-8(15)5-6-12(10)21(19,20)16-11-4-2-1-3-9(11)13(17)18/h1-7,16H,(H,17,18). The van der Waals surface area contributed by atoms with Crippen molar-refractivity contribution in [2.75, 3.05) is 4.72 Å². The van der Waals surface area contributed by atoms with Crippen LogP contribution in [0.5, 0.6) is 0 Å². The fourth-order valence-electron chi connectivity index (χ4n) is 1.65. The van der Waals surface area contributed by atoms with Gasteiger partial charge < -0.3 is 5.11 Å². The molecule has 0 spiro atoms. The van der Waals surface area contributed by atoms with E-state index < -0.39 is 21.8 Å². The second-order valence-electron chi connectivity index (χ2n) is 4.03. The first kappa shape index (κ1) is 15.5. The maximum Gasteiger partial charge on any atom is 0.337 e. The van der Waals surface area contributed by atoms with Crippen LogP contribution >= 0.6 is 15.9 Å². The lowest BCUT2D eigenvalue weighted by molar-refractivity contribution is 0.0698. The summed E-state index contributed by atoms with van der Waals surface area (Å²) in [6.07, 6.45) is 0. The molecule has 0 aromatic heterocycles. The Morgan fingerprint density at radius 3 is 2.48 bits per heavy atom. The zero-order valence-electron chi connectivity index (χ0n) is 10.4. The average Bonchev–Trinajstić information content (AvgIpc) is 2.37. The fourth-order valence-corrected chi connectivity index (χ4v) is 3.78. The second kappa shape index (κ2) is 5.82. The van der Waals surface area contributed by atoms with Gasteiger partial charge in [0.05, 0.1) is 11.3 Å². The van der Waals surface area contributed by atoms with Crippen molar-refractivity contribution < 1.29 is 22.7 Å². The van der Waals surface area contributed by atoms with Gasteiger partial charge in [-0.05, 0) is 46.3 Å². The summed E-state index contributed by atoms with van der Waals surface area (Å²) in [4.78, 5) is 10.9. The van der Waals surface area contributed by atoms with E-state index in [2.05, 4.69) is 20.7 Å². The number of benzene rings is 2. The number of halogens is 2. The number of hydrogen-bond acceptors (Lipinski definition) is 3. The molecule has 0 saturated carbocycles. The lowest BCUT2D eigenvalue weighted by Gasteiger charge is -2.11. The Kier molecular flexibility index (Phi) is 4.29. The number of sulfonamides is 1. The average molecular weight is 374 g/mol. The summed E-state index contributed by atoms with van der Waals surface area (Å²) < 4.78 is 39.7. The molecule has 0 atom stereocenters. The maximum absolute atomic E-state index is 13.0. The molecule has 110 valence electrons. The molecule has 21 heavy (non-hydrogen) atoms. The molecule has 0 unspecified atom stereocenters. The van der Waals surface area contributed by atoms with Gasteiger partial charge in [-0.15, -0.1) is 0 Å². The van der Waals surface area contributed by atoms with Gasteiger partial charge in [-0.1, -0.05) is 12.1 Å². The zero-order chi connectivity index (χ0) is 15.6. The molecule has 0 aliphatic heterocycles. The first-order valence-electron chi connectivity index (χ1n) is 5.61. The summed E-state index contributed by atoms with van der Waals surface area (Å²) in [5.74, 6) is -1.85. The van der Waals surface area contributed by atoms with Gasteiger partial charge in [-0.25, -0.2) is 17.6 Å². The molecule has 2 aromatic rings. The van der Waals surface area contributed by atoms with E-state index in [1.165, 1.54) is 24.3 Å². The quantitative estimate of drug-likeness (QED) is 0.862. The Morgan fingerprint density at radius 2 is 1.86 bits per heavy atom. The summed E-state index contributed by atoms with van der Waals surface area (Å²) in [5, 5.41) is 9.03. The van der Waals surface area contributed by atoms with Crippen molar-refractivity contribution in [2.45, 2.75) is 4.90 Å². The van der Waals surface area contributed by atoms with Gasteiger partial charge in [0.1, 0.15) is 10.7 Å². The summed E-state index contributed by atoms with van der Waals surface area (Å²) in [5.41, 5.74) is -0.250. The summed E-state index contributed by atoms with van der Waals surface area (Å²) in [6.45, 7) is 0. The minimum absolute atomic E-state index is 0.0443. The number of hydrogen-bond donors (Lipinski definition) is 2. The van der Waals surface area contributed by atoms with Crippen LogP contribution in [0.25, 0.3) is 0 Å². The van der Waals surface area contributed by atoms with Crippen molar-refractivity contribution in [1.29, 1.82) is 0 Å². The van der Waals surface area contributed by atoms with E-state index in [1.54, 1.807) is 0 Å². The van der Waals surface area contributed by atoms with Gasteiger partial charge in [0.25, 0.3) is 10.0 Å². The van der Waals surface area contributed by atoms with E-state index in [0.717, 1.165) is 18.2 Å². The highest BCUT2D eigenvalue weighted by Crippen LogP contribution is 2.26. The third kappa shape index (κ3) is 3.40. The topological polar surface area (TPSA) is 83.5 Å². The van der Waals surface area contributed by atoms with Gasteiger partial charge in [-0.3, -0.25) is 4.72 Å². The maximum atomic E-state index is 13.0. The number of carbonyl (C=O) groups is 1. The normalized spacial score (nSPS) is 11.1. The highest BCUT2D eigenvalue weighted by atomic mass is 79.9. The van der Waals surface area contributed by atoms with Crippen LogP contribution in [-0.2, 0) is 10.0 Å². The minimum atomic E-state index is -4.04. The SMILES string of the molecule is O=C(O)c1ccccc1NS(=O)(=O)c1ccc(F)cc1Br. The van der Waals surface area contributed by atoms with Gasteiger partial charge in [0, 0.05) is 4.47 Å². The molecular formula is C13H9BrFNO4S. The van der Waals surface area contributed by atoms with Crippen molar-refractivity contribution in [2.24, 2.45) is 0 Å². The molecule has 2 aromatic carbocycles. The highest BCUT2D eigenvalue weighted by molar-refractivity contribution is 9.10. The molecule has 0 saturated heterocycles. The van der Waals surface area contributed by atoms with Gasteiger partial charge in [0.2, 0.25) is 0 Å². The predicted molar refractivity (Wildman–Crippen MR) is 78.3 cm³/mol. The van der Waals surface area contributed by atoms with Crippen molar-refractivity contribution in [3.8, 4) is 0 Å². The Labute approximate surface area is 128 Å². The molecule has 0 amide bonds.